The molecule has 1 atom stereocenters. The predicted molar refractivity (Wildman–Crippen MR) is 64.9 cm³/mol. The van der Waals surface area contributed by atoms with Crippen LogP contribution in [0.5, 0.6) is 5.75 Å². The molecular weight excluding hydrogens is 200 g/mol. The minimum absolute atomic E-state index is 0.482. The maximum Gasteiger partial charge on any atom is 0.118 e. The van der Waals surface area contributed by atoms with Gasteiger partial charge in [0, 0.05) is 6.61 Å². The summed E-state index contributed by atoms with van der Waals surface area (Å²) < 4.78 is 10.9. The Hall–Kier alpha value is -1.02. The maximum atomic E-state index is 5.72. The van der Waals surface area contributed by atoms with E-state index < -0.39 is 0 Å². The minimum Gasteiger partial charge on any atom is -0.497 e. The molecule has 0 radical (unpaired) electrons. The fourth-order valence-corrected chi connectivity index (χ4v) is 2.15. The van der Waals surface area contributed by atoms with E-state index in [1.54, 1.807) is 7.11 Å². The Bertz CT molecular complexity index is 299. The average Bonchev–Trinajstić information content (AvgIpc) is 2.38. The molecule has 2 nitrogen and oxygen atoms in total. The fourth-order valence-electron chi connectivity index (χ4n) is 2.15. The van der Waals surface area contributed by atoms with Crippen molar-refractivity contribution in [3.63, 3.8) is 0 Å². The maximum absolute atomic E-state index is 5.72. The van der Waals surface area contributed by atoms with Crippen molar-refractivity contribution in [2.24, 2.45) is 0 Å². The summed E-state index contributed by atoms with van der Waals surface area (Å²) in [6, 6.07) is 8.33. The predicted octanol–water partition coefficient (Wildman–Crippen LogP) is 3.20. The largest absolute Gasteiger partial charge is 0.497 e. The molecule has 1 aliphatic heterocycles. The molecule has 0 saturated carbocycles. The molecule has 0 spiro atoms. The van der Waals surface area contributed by atoms with E-state index >= 15 is 0 Å². The van der Waals surface area contributed by atoms with Gasteiger partial charge < -0.3 is 9.47 Å². The SMILES string of the molecule is COc1ccc(CCC2CCCCO2)cc1. The molecule has 0 bridgehead atoms. The van der Waals surface area contributed by atoms with Crippen LogP contribution in [0.25, 0.3) is 0 Å². The topological polar surface area (TPSA) is 18.5 Å². The number of aryl methyl sites for hydroxylation is 1. The van der Waals surface area contributed by atoms with Gasteiger partial charge in [0.05, 0.1) is 13.2 Å². The summed E-state index contributed by atoms with van der Waals surface area (Å²) in [6.45, 7) is 0.952. The molecule has 1 saturated heterocycles. The third-order valence-electron chi connectivity index (χ3n) is 3.19. The second-order valence-corrected chi connectivity index (χ2v) is 4.38. The normalized spacial score (nSPS) is 20.7. The fraction of sp³-hybridized carbons (Fsp3) is 0.571. The number of hydrogen-bond donors (Lipinski definition) is 0. The highest BCUT2D eigenvalue weighted by Gasteiger charge is 2.13. The summed E-state index contributed by atoms with van der Waals surface area (Å²) in [7, 11) is 1.70. The van der Waals surface area contributed by atoms with Crippen molar-refractivity contribution < 1.29 is 9.47 Å². The van der Waals surface area contributed by atoms with Gasteiger partial charge in [-0.05, 0) is 49.8 Å². The van der Waals surface area contributed by atoms with Crippen molar-refractivity contribution in [2.75, 3.05) is 13.7 Å². The monoisotopic (exact) mass is 220 g/mol. The first-order valence-corrected chi connectivity index (χ1v) is 6.13. The lowest BCUT2D eigenvalue weighted by Crippen LogP contribution is -2.19. The summed E-state index contributed by atoms with van der Waals surface area (Å²) in [5.74, 6) is 0.928. The number of rotatable bonds is 4. The molecule has 1 fully saturated rings. The van der Waals surface area contributed by atoms with Crippen LogP contribution in [-0.4, -0.2) is 19.8 Å². The number of benzene rings is 1. The molecule has 2 heteroatoms. The third kappa shape index (κ3) is 3.24. The van der Waals surface area contributed by atoms with Gasteiger partial charge in [0.15, 0.2) is 0 Å². The van der Waals surface area contributed by atoms with Gasteiger partial charge in [-0.3, -0.25) is 0 Å². The van der Waals surface area contributed by atoms with Gasteiger partial charge in [0.2, 0.25) is 0 Å². The standard InChI is InChI=1S/C14H20O2/c1-15-13-8-5-12(6-9-13)7-10-14-4-2-3-11-16-14/h5-6,8-9,14H,2-4,7,10-11H2,1H3. The van der Waals surface area contributed by atoms with Gasteiger partial charge in [-0.15, -0.1) is 0 Å². The Morgan fingerprint density at radius 3 is 2.69 bits per heavy atom. The highest BCUT2D eigenvalue weighted by molar-refractivity contribution is 5.27. The number of ether oxygens (including phenoxy) is 2. The van der Waals surface area contributed by atoms with Gasteiger partial charge in [-0.2, -0.15) is 0 Å². The molecule has 0 amide bonds. The zero-order valence-electron chi connectivity index (χ0n) is 9.95. The quantitative estimate of drug-likeness (QED) is 0.775. The molecule has 2 rings (SSSR count). The molecule has 0 aromatic heterocycles. The van der Waals surface area contributed by atoms with Crippen molar-refractivity contribution >= 4 is 0 Å². The van der Waals surface area contributed by atoms with Gasteiger partial charge in [-0.1, -0.05) is 12.1 Å². The highest BCUT2D eigenvalue weighted by atomic mass is 16.5. The van der Waals surface area contributed by atoms with Gasteiger partial charge >= 0.3 is 0 Å². The van der Waals surface area contributed by atoms with Crippen LogP contribution in [0.15, 0.2) is 24.3 Å². The summed E-state index contributed by atoms with van der Waals surface area (Å²) in [5.41, 5.74) is 1.37. The first-order chi connectivity index (χ1) is 7.88. The Morgan fingerprint density at radius 2 is 2.06 bits per heavy atom. The molecule has 1 aromatic rings. The van der Waals surface area contributed by atoms with E-state index in [-0.39, 0.29) is 0 Å². The lowest BCUT2D eigenvalue weighted by Gasteiger charge is -2.22. The highest BCUT2D eigenvalue weighted by Crippen LogP contribution is 2.19. The van der Waals surface area contributed by atoms with Crippen molar-refractivity contribution in [3.05, 3.63) is 29.8 Å². The van der Waals surface area contributed by atoms with Crippen molar-refractivity contribution in [3.8, 4) is 5.75 Å². The van der Waals surface area contributed by atoms with E-state index in [9.17, 15) is 0 Å². The number of hydrogen-bond acceptors (Lipinski definition) is 2. The Balaban J connectivity index is 1.79. The van der Waals surface area contributed by atoms with Crippen LogP contribution in [0.3, 0.4) is 0 Å². The molecule has 16 heavy (non-hydrogen) atoms. The van der Waals surface area contributed by atoms with Crippen LogP contribution in [0.2, 0.25) is 0 Å². The second kappa shape index (κ2) is 5.90. The lowest BCUT2D eigenvalue weighted by molar-refractivity contribution is 0.0115. The van der Waals surface area contributed by atoms with Crippen molar-refractivity contribution in [1.82, 2.24) is 0 Å². The Kier molecular flexibility index (Phi) is 4.23. The Labute approximate surface area is 97.6 Å². The zero-order valence-corrected chi connectivity index (χ0v) is 9.95. The van der Waals surface area contributed by atoms with Gasteiger partial charge in [-0.25, -0.2) is 0 Å². The van der Waals surface area contributed by atoms with Crippen LogP contribution in [0, 0.1) is 0 Å². The molecule has 1 unspecified atom stereocenters. The summed E-state index contributed by atoms with van der Waals surface area (Å²) in [6.07, 6.45) is 6.53. The summed E-state index contributed by atoms with van der Waals surface area (Å²) in [5, 5.41) is 0. The van der Waals surface area contributed by atoms with E-state index in [2.05, 4.69) is 12.1 Å². The first kappa shape index (κ1) is 11.5. The smallest absolute Gasteiger partial charge is 0.118 e. The van der Waals surface area contributed by atoms with Crippen LogP contribution in [0.4, 0.5) is 0 Å². The van der Waals surface area contributed by atoms with E-state index in [4.69, 9.17) is 9.47 Å². The van der Waals surface area contributed by atoms with Gasteiger partial charge in [0.25, 0.3) is 0 Å². The zero-order chi connectivity index (χ0) is 11.2. The van der Waals surface area contributed by atoms with Crippen LogP contribution in [-0.2, 0) is 11.2 Å². The van der Waals surface area contributed by atoms with E-state index in [1.807, 2.05) is 12.1 Å². The van der Waals surface area contributed by atoms with Crippen molar-refractivity contribution in [2.45, 2.75) is 38.2 Å². The van der Waals surface area contributed by atoms with E-state index in [1.165, 1.54) is 24.8 Å². The average molecular weight is 220 g/mol. The Morgan fingerprint density at radius 1 is 1.25 bits per heavy atom. The third-order valence-corrected chi connectivity index (χ3v) is 3.19. The van der Waals surface area contributed by atoms with E-state index in [0.717, 1.165) is 25.2 Å². The lowest BCUT2D eigenvalue weighted by atomic mass is 10.0. The molecule has 1 heterocycles. The van der Waals surface area contributed by atoms with Crippen molar-refractivity contribution in [1.29, 1.82) is 0 Å². The van der Waals surface area contributed by atoms with Gasteiger partial charge in [0.1, 0.15) is 5.75 Å². The molecule has 88 valence electrons. The first-order valence-electron chi connectivity index (χ1n) is 6.13. The molecule has 0 aliphatic carbocycles. The second-order valence-electron chi connectivity index (χ2n) is 4.38. The minimum atomic E-state index is 0.482. The molecule has 0 N–H and O–H groups in total. The molecule has 1 aromatic carbocycles. The molecular formula is C14H20O2. The summed E-state index contributed by atoms with van der Waals surface area (Å²) >= 11 is 0. The van der Waals surface area contributed by atoms with Crippen LogP contribution in [0.1, 0.15) is 31.2 Å². The van der Waals surface area contributed by atoms with E-state index in [0.29, 0.717) is 6.10 Å². The molecule has 1 aliphatic rings. The van der Waals surface area contributed by atoms with Crippen LogP contribution < -0.4 is 4.74 Å². The van der Waals surface area contributed by atoms with Crippen LogP contribution >= 0.6 is 0 Å². The summed E-state index contributed by atoms with van der Waals surface area (Å²) in [4.78, 5) is 0. The number of methoxy groups -OCH3 is 1.